The van der Waals surface area contributed by atoms with Gasteiger partial charge in [0.2, 0.25) is 0 Å². The Morgan fingerprint density at radius 1 is 1.39 bits per heavy atom. The van der Waals surface area contributed by atoms with Crippen molar-refractivity contribution in [3.8, 4) is 0 Å². The van der Waals surface area contributed by atoms with Crippen molar-refractivity contribution in [2.75, 3.05) is 11.9 Å². The van der Waals surface area contributed by atoms with Crippen LogP contribution in [0.5, 0.6) is 0 Å². The second kappa shape index (κ2) is 6.99. The summed E-state index contributed by atoms with van der Waals surface area (Å²) >= 11 is 3.04. The van der Waals surface area contributed by atoms with Crippen LogP contribution in [0.15, 0.2) is 18.2 Å². The molecule has 0 radical (unpaired) electrons. The molecular formula is C17H21BrFNO3. The third-order valence-corrected chi connectivity index (χ3v) is 4.19. The summed E-state index contributed by atoms with van der Waals surface area (Å²) in [6, 6.07) is 4.34. The normalized spacial score (nSPS) is 18.1. The first-order chi connectivity index (χ1) is 10.7. The number of carbonyl (C=O) groups is 2. The minimum absolute atomic E-state index is 0.0624. The average molecular weight is 386 g/mol. The largest absolute Gasteiger partial charge is 0.444 e. The summed E-state index contributed by atoms with van der Waals surface area (Å²) in [6.07, 6.45) is 1.21. The molecule has 0 unspecified atom stereocenters. The SMILES string of the molecule is CC(C)(C)OC(=O)N1CCC[C@@H]1c1ccc(C(=O)CBr)c(F)c1. The Labute approximate surface area is 144 Å². The van der Waals surface area contributed by atoms with Gasteiger partial charge < -0.3 is 9.64 Å². The van der Waals surface area contributed by atoms with Crippen LogP contribution >= 0.6 is 15.9 Å². The Morgan fingerprint density at radius 3 is 2.65 bits per heavy atom. The number of ether oxygens (including phenoxy) is 1. The Balaban J connectivity index is 2.21. The fourth-order valence-electron chi connectivity index (χ4n) is 2.69. The molecule has 1 aromatic rings. The van der Waals surface area contributed by atoms with E-state index in [1.165, 1.54) is 12.1 Å². The smallest absolute Gasteiger partial charge is 0.410 e. The van der Waals surface area contributed by atoms with Gasteiger partial charge in [-0.3, -0.25) is 4.79 Å². The molecule has 6 heteroatoms. The molecule has 4 nitrogen and oxygen atoms in total. The highest BCUT2D eigenvalue weighted by atomic mass is 79.9. The molecular weight excluding hydrogens is 365 g/mol. The Hall–Kier alpha value is -1.43. The van der Waals surface area contributed by atoms with E-state index in [1.54, 1.807) is 11.0 Å². The summed E-state index contributed by atoms with van der Waals surface area (Å²) in [5.41, 5.74) is 0.186. The van der Waals surface area contributed by atoms with Crippen LogP contribution < -0.4 is 0 Å². The van der Waals surface area contributed by atoms with E-state index in [4.69, 9.17) is 4.74 Å². The van der Waals surface area contributed by atoms with Crippen LogP contribution in [0.4, 0.5) is 9.18 Å². The molecule has 1 aromatic carbocycles. The van der Waals surface area contributed by atoms with E-state index < -0.39 is 11.4 Å². The van der Waals surface area contributed by atoms with Gasteiger partial charge in [0.1, 0.15) is 11.4 Å². The number of ketones is 1. The molecule has 0 aliphatic carbocycles. The van der Waals surface area contributed by atoms with Gasteiger partial charge in [0.25, 0.3) is 0 Å². The van der Waals surface area contributed by atoms with E-state index in [2.05, 4.69) is 15.9 Å². The number of amides is 1. The molecule has 1 heterocycles. The first kappa shape index (κ1) is 17.9. The molecule has 0 spiro atoms. The van der Waals surface area contributed by atoms with Crippen LogP contribution in [0.3, 0.4) is 0 Å². The molecule has 2 rings (SSSR count). The number of alkyl halides is 1. The Kier molecular flexibility index (Phi) is 5.45. The number of benzene rings is 1. The number of nitrogens with zero attached hydrogens (tertiary/aromatic N) is 1. The third kappa shape index (κ3) is 4.31. The third-order valence-electron chi connectivity index (χ3n) is 3.68. The van der Waals surface area contributed by atoms with Gasteiger partial charge in [-0.25, -0.2) is 9.18 Å². The minimum atomic E-state index is -0.568. The number of carbonyl (C=O) groups excluding carboxylic acids is 2. The fraction of sp³-hybridized carbons (Fsp3) is 0.529. The first-order valence-corrected chi connectivity index (χ1v) is 8.73. The zero-order chi connectivity index (χ0) is 17.2. The van der Waals surface area contributed by atoms with Crippen LogP contribution in [0.1, 0.15) is 55.6 Å². The molecule has 1 saturated heterocycles. The van der Waals surface area contributed by atoms with Crippen molar-refractivity contribution < 1.29 is 18.7 Å². The highest BCUT2D eigenvalue weighted by Crippen LogP contribution is 2.34. The van der Waals surface area contributed by atoms with Crippen LogP contribution in [-0.2, 0) is 4.74 Å². The van der Waals surface area contributed by atoms with E-state index in [9.17, 15) is 14.0 Å². The van der Waals surface area contributed by atoms with Crippen molar-refractivity contribution >= 4 is 27.8 Å². The predicted octanol–water partition coefficient (Wildman–Crippen LogP) is 4.48. The number of halogens is 2. The van der Waals surface area contributed by atoms with E-state index >= 15 is 0 Å². The van der Waals surface area contributed by atoms with Gasteiger partial charge in [-0.15, -0.1) is 0 Å². The van der Waals surface area contributed by atoms with Crippen LogP contribution in [0.25, 0.3) is 0 Å². The van der Waals surface area contributed by atoms with E-state index in [0.717, 1.165) is 12.8 Å². The molecule has 126 valence electrons. The molecule has 1 atom stereocenters. The molecule has 0 aromatic heterocycles. The minimum Gasteiger partial charge on any atom is -0.444 e. The van der Waals surface area contributed by atoms with Crippen LogP contribution in [0.2, 0.25) is 0 Å². The van der Waals surface area contributed by atoms with Crippen LogP contribution in [-0.4, -0.2) is 34.3 Å². The number of hydrogen-bond acceptors (Lipinski definition) is 3. The van der Waals surface area contributed by atoms with E-state index in [-0.39, 0.29) is 28.8 Å². The summed E-state index contributed by atoms with van der Waals surface area (Å²) < 4.78 is 19.6. The summed E-state index contributed by atoms with van der Waals surface area (Å²) in [5, 5.41) is 0.0801. The number of Topliss-reactive ketones (excluding diaryl/α,β-unsaturated/α-hetero) is 1. The van der Waals surface area contributed by atoms with Gasteiger partial charge in [-0.1, -0.05) is 22.0 Å². The molecule has 0 N–H and O–H groups in total. The van der Waals surface area contributed by atoms with Crippen molar-refractivity contribution in [1.82, 2.24) is 4.90 Å². The lowest BCUT2D eigenvalue weighted by Crippen LogP contribution is -2.36. The maximum Gasteiger partial charge on any atom is 0.410 e. The standard InChI is InChI=1S/C17H21BrFNO3/c1-17(2,3)23-16(22)20-8-4-5-14(20)11-6-7-12(13(19)9-11)15(21)10-18/h6-7,9,14H,4-5,8,10H2,1-3H3/t14-/m1/s1. The van der Waals surface area contributed by atoms with Crippen molar-refractivity contribution in [2.24, 2.45) is 0 Å². The Morgan fingerprint density at radius 2 is 2.09 bits per heavy atom. The lowest BCUT2D eigenvalue weighted by Gasteiger charge is -2.29. The monoisotopic (exact) mass is 385 g/mol. The average Bonchev–Trinajstić information content (AvgIpc) is 2.94. The fourth-order valence-corrected chi connectivity index (χ4v) is 2.99. The molecule has 0 bridgehead atoms. The van der Waals surface area contributed by atoms with Gasteiger partial charge in [-0.2, -0.15) is 0 Å². The molecule has 23 heavy (non-hydrogen) atoms. The zero-order valence-electron chi connectivity index (χ0n) is 13.6. The predicted molar refractivity (Wildman–Crippen MR) is 89.4 cm³/mol. The molecule has 1 aliphatic rings. The zero-order valence-corrected chi connectivity index (χ0v) is 15.2. The lowest BCUT2D eigenvalue weighted by atomic mass is 10.0. The highest BCUT2D eigenvalue weighted by molar-refractivity contribution is 9.09. The Bertz CT molecular complexity index is 612. The quantitative estimate of drug-likeness (QED) is 0.569. The lowest BCUT2D eigenvalue weighted by molar-refractivity contribution is 0.0224. The van der Waals surface area contributed by atoms with E-state index in [0.29, 0.717) is 12.1 Å². The highest BCUT2D eigenvalue weighted by Gasteiger charge is 2.33. The van der Waals surface area contributed by atoms with Gasteiger partial charge in [0, 0.05) is 6.54 Å². The van der Waals surface area contributed by atoms with Crippen molar-refractivity contribution in [3.05, 3.63) is 35.1 Å². The summed E-state index contributed by atoms with van der Waals surface area (Å²) in [5.74, 6) is -0.854. The van der Waals surface area contributed by atoms with Crippen molar-refractivity contribution in [3.63, 3.8) is 0 Å². The van der Waals surface area contributed by atoms with E-state index in [1.807, 2.05) is 20.8 Å². The summed E-state index contributed by atoms with van der Waals surface area (Å²) in [4.78, 5) is 25.6. The van der Waals surface area contributed by atoms with Gasteiger partial charge in [0.15, 0.2) is 5.78 Å². The van der Waals surface area contributed by atoms with Gasteiger partial charge in [0.05, 0.1) is 16.9 Å². The molecule has 1 aliphatic heterocycles. The second-order valence-electron chi connectivity index (χ2n) is 6.63. The second-order valence-corrected chi connectivity index (χ2v) is 7.19. The topological polar surface area (TPSA) is 46.6 Å². The first-order valence-electron chi connectivity index (χ1n) is 7.61. The number of likely N-dealkylation sites (tertiary alicyclic amines) is 1. The molecule has 1 fully saturated rings. The summed E-state index contributed by atoms with van der Waals surface area (Å²) in [6.45, 7) is 6.03. The van der Waals surface area contributed by atoms with Crippen molar-refractivity contribution in [1.29, 1.82) is 0 Å². The maximum atomic E-state index is 14.2. The molecule has 1 amide bonds. The van der Waals surface area contributed by atoms with Gasteiger partial charge >= 0.3 is 6.09 Å². The van der Waals surface area contributed by atoms with Gasteiger partial charge in [-0.05, 0) is 51.3 Å². The number of hydrogen-bond donors (Lipinski definition) is 0. The van der Waals surface area contributed by atoms with Crippen molar-refractivity contribution in [2.45, 2.75) is 45.3 Å². The maximum absolute atomic E-state index is 14.2. The molecule has 0 saturated carbocycles. The summed E-state index contributed by atoms with van der Waals surface area (Å²) in [7, 11) is 0. The number of rotatable bonds is 3. The van der Waals surface area contributed by atoms with Crippen LogP contribution in [0, 0.1) is 5.82 Å².